The van der Waals surface area contributed by atoms with E-state index in [0.717, 1.165) is 22.9 Å². The van der Waals surface area contributed by atoms with E-state index in [1.54, 1.807) is 24.3 Å². The van der Waals surface area contributed by atoms with Crippen molar-refractivity contribution in [3.63, 3.8) is 0 Å². The number of esters is 1. The van der Waals surface area contributed by atoms with Crippen LogP contribution < -0.4 is 0 Å². The summed E-state index contributed by atoms with van der Waals surface area (Å²) in [4.78, 5) is 12.2. The summed E-state index contributed by atoms with van der Waals surface area (Å²) >= 11 is 0. The Kier molecular flexibility index (Phi) is 4.35. The number of hydrogen-bond donors (Lipinski definition) is 1. The third-order valence-electron chi connectivity index (χ3n) is 3.71. The van der Waals surface area contributed by atoms with E-state index < -0.39 is 17.7 Å². The fourth-order valence-corrected chi connectivity index (χ4v) is 2.46. The smallest absolute Gasteiger partial charge is 0.416 e. The van der Waals surface area contributed by atoms with Gasteiger partial charge in [0, 0.05) is 0 Å². The van der Waals surface area contributed by atoms with Crippen molar-refractivity contribution in [1.29, 1.82) is 0 Å². The lowest BCUT2D eigenvalue weighted by Crippen LogP contribution is -2.08. The van der Waals surface area contributed by atoms with Gasteiger partial charge < -0.3 is 9.84 Å². The summed E-state index contributed by atoms with van der Waals surface area (Å²) in [5.74, 6) is -1.05. The number of fused-ring (bicyclic) bond motifs is 1. The first-order valence-corrected chi connectivity index (χ1v) is 7.39. The summed E-state index contributed by atoms with van der Waals surface area (Å²) in [6.45, 7) is -0.324. The lowest BCUT2D eigenvalue weighted by molar-refractivity contribution is -0.137. The van der Waals surface area contributed by atoms with Crippen molar-refractivity contribution in [2.24, 2.45) is 0 Å². The van der Waals surface area contributed by atoms with Gasteiger partial charge in [-0.3, -0.25) is 0 Å². The van der Waals surface area contributed by atoms with Crippen molar-refractivity contribution in [3.05, 3.63) is 77.4 Å². The van der Waals surface area contributed by atoms with Crippen LogP contribution in [-0.4, -0.2) is 11.1 Å². The second-order valence-corrected chi connectivity index (χ2v) is 5.49. The SMILES string of the molecule is O=C(OCc1cccc(C(F)(F)F)c1)c1cc2ccccc2cc1O. The Morgan fingerprint density at radius 3 is 2.32 bits per heavy atom. The molecule has 0 aliphatic carbocycles. The molecule has 3 rings (SSSR count). The highest BCUT2D eigenvalue weighted by atomic mass is 19.4. The molecule has 128 valence electrons. The van der Waals surface area contributed by atoms with E-state index >= 15 is 0 Å². The lowest BCUT2D eigenvalue weighted by Gasteiger charge is -2.10. The van der Waals surface area contributed by atoms with Crippen LogP contribution in [0.2, 0.25) is 0 Å². The molecule has 0 aliphatic heterocycles. The van der Waals surface area contributed by atoms with E-state index in [0.29, 0.717) is 0 Å². The summed E-state index contributed by atoms with van der Waals surface area (Å²) in [5.41, 5.74) is -0.635. The summed E-state index contributed by atoms with van der Waals surface area (Å²) < 4.78 is 43.1. The number of aromatic hydroxyl groups is 1. The standard InChI is InChI=1S/C19H13F3O3/c20-19(21,22)15-7-3-4-12(8-15)11-25-18(24)16-9-13-5-1-2-6-14(13)10-17(16)23/h1-10,23H,11H2. The summed E-state index contributed by atoms with van der Waals surface area (Å²) in [6, 6.07) is 14.6. The van der Waals surface area contributed by atoms with E-state index in [1.165, 1.54) is 24.3 Å². The second-order valence-electron chi connectivity index (χ2n) is 5.49. The van der Waals surface area contributed by atoms with Crippen molar-refractivity contribution in [2.75, 3.05) is 0 Å². The average molecular weight is 346 g/mol. The van der Waals surface area contributed by atoms with Crippen LogP contribution in [0.25, 0.3) is 10.8 Å². The Bertz CT molecular complexity index is 933. The highest BCUT2D eigenvalue weighted by Gasteiger charge is 2.30. The first-order valence-electron chi connectivity index (χ1n) is 7.39. The minimum Gasteiger partial charge on any atom is -0.507 e. The quantitative estimate of drug-likeness (QED) is 0.685. The molecular formula is C19H13F3O3. The molecule has 1 N–H and O–H groups in total. The molecule has 0 atom stereocenters. The zero-order valence-electron chi connectivity index (χ0n) is 12.9. The predicted molar refractivity (Wildman–Crippen MR) is 86.2 cm³/mol. The van der Waals surface area contributed by atoms with Crippen molar-refractivity contribution in [3.8, 4) is 5.75 Å². The predicted octanol–water partition coefficient (Wildman–Crippen LogP) is 4.92. The van der Waals surface area contributed by atoms with E-state index in [9.17, 15) is 23.1 Å². The number of alkyl halides is 3. The molecule has 3 aromatic rings. The number of rotatable bonds is 3. The molecule has 3 aromatic carbocycles. The monoisotopic (exact) mass is 346 g/mol. The minimum absolute atomic E-state index is 0.0364. The molecule has 0 saturated carbocycles. The Labute approximate surface area is 141 Å². The molecule has 0 bridgehead atoms. The summed E-state index contributed by atoms with van der Waals surface area (Å²) in [6.07, 6.45) is -4.46. The van der Waals surface area contributed by atoms with E-state index in [2.05, 4.69) is 0 Å². The van der Waals surface area contributed by atoms with Crippen LogP contribution >= 0.6 is 0 Å². The van der Waals surface area contributed by atoms with Gasteiger partial charge in [0.2, 0.25) is 0 Å². The molecule has 0 unspecified atom stereocenters. The van der Waals surface area contributed by atoms with Crippen LogP contribution in [0.4, 0.5) is 13.2 Å². The average Bonchev–Trinajstić information content (AvgIpc) is 2.58. The van der Waals surface area contributed by atoms with Gasteiger partial charge in [0.25, 0.3) is 0 Å². The fraction of sp³-hybridized carbons (Fsp3) is 0.105. The number of carbonyl (C=O) groups is 1. The van der Waals surface area contributed by atoms with Gasteiger partial charge in [-0.2, -0.15) is 13.2 Å². The molecule has 0 fully saturated rings. The van der Waals surface area contributed by atoms with Crippen molar-refractivity contribution in [1.82, 2.24) is 0 Å². The Balaban J connectivity index is 1.78. The maximum absolute atomic E-state index is 12.7. The zero-order chi connectivity index (χ0) is 18.0. The van der Waals surface area contributed by atoms with Gasteiger partial charge >= 0.3 is 12.1 Å². The maximum atomic E-state index is 12.7. The largest absolute Gasteiger partial charge is 0.507 e. The van der Waals surface area contributed by atoms with Gasteiger partial charge in [-0.25, -0.2) is 4.79 Å². The number of benzene rings is 3. The number of hydrogen-bond acceptors (Lipinski definition) is 3. The summed E-state index contributed by atoms with van der Waals surface area (Å²) in [7, 11) is 0. The molecule has 0 heterocycles. The van der Waals surface area contributed by atoms with Crippen LogP contribution in [0.5, 0.6) is 5.75 Å². The first kappa shape index (κ1) is 16.8. The van der Waals surface area contributed by atoms with Crippen LogP contribution in [-0.2, 0) is 17.5 Å². The van der Waals surface area contributed by atoms with E-state index in [-0.39, 0.29) is 23.5 Å². The molecule has 0 spiro atoms. The van der Waals surface area contributed by atoms with Crippen molar-refractivity contribution >= 4 is 16.7 Å². The number of ether oxygens (including phenoxy) is 1. The molecule has 0 aliphatic rings. The van der Waals surface area contributed by atoms with Crippen molar-refractivity contribution < 1.29 is 27.8 Å². The maximum Gasteiger partial charge on any atom is 0.416 e. The van der Waals surface area contributed by atoms with Crippen LogP contribution in [0.1, 0.15) is 21.5 Å². The van der Waals surface area contributed by atoms with Gasteiger partial charge in [-0.15, -0.1) is 0 Å². The number of halogens is 3. The lowest BCUT2D eigenvalue weighted by atomic mass is 10.1. The number of phenolic OH excluding ortho intramolecular Hbond substituents is 1. The molecule has 6 heteroatoms. The topological polar surface area (TPSA) is 46.5 Å². The summed E-state index contributed by atoms with van der Waals surface area (Å²) in [5, 5.41) is 11.5. The molecular weight excluding hydrogens is 333 g/mol. The number of carbonyl (C=O) groups excluding carboxylic acids is 1. The van der Waals surface area contributed by atoms with Gasteiger partial charge in [-0.1, -0.05) is 36.4 Å². The van der Waals surface area contributed by atoms with Gasteiger partial charge in [0.1, 0.15) is 17.9 Å². The van der Waals surface area contributed by atoms with Gasteiger partial charge in [0.05, 0.1) is 5.56 Å². The molecule has 0 radical (unpaired) electrons. The van der Waals surface area contributed by atoms with Crippen LogP contribution in [0, 0.1) is 0 Å². The molecule has 0 amide bonds. The van der Waals surface area contributed by atoms with Crippen molar-refractivity contribution in [2.45, 2.75) is 12.8 Å². The molecule has 25 heavy (non-hydrogen) atoms. The van der Waals surface area contributed by atoms with E-state index in [4.69, 9.17) is 4.74 Å². The highest BCUT2D eigenvalue weighted by molar-refractivity contribution is 5.98. The molecule has 0 saturated heterocycles. The zero-order valence-corrected chi connectivity index (χ0v) is 12.9. The third kappa shape index (κ3) is 3.74. The van der Waals surface area contributed by atoms with Gasteiger partial charge in [0.15, 0.2) is 0 Å². The minimum atomic E-state index is -4.46. The van der Waals surface area contributed by atoms with Gasteiger partial charge in [-0.05, 0) is 40.6 Å². The van der Waals surface area contributed by atoms with Crippen LogP contribution in [0.3, 0.4) is 0 Å². The van der Waals surface area contributed by atoms with E-state index in [1.807, 2.05) is 0 Å². The Hall–Kier alpha value is -3.02. The normalized spacial score (nSPS) is 11.5. The Morgan fingerprint density at radius 2 is 1.64 bits per heavy atom. The third-order valence-corrected chi connectivity index (χ3v) is 3.71. The second kappa shape index (κ2) is 6.47. The Morgan fingerprint density at radius 1 is 0.960 bits per heavy atom. The first-order chi connectivity index (χ1) is 11.8. The molecule has 3 nitrogen and oxygen atoms in total. The highest BCUT2D eigenvalue weighted by Crippen LogP contribution is 2.30. The fourth-order valence-electron chi connectivity index (χ4n) is 2.46. The van der Waals surface area contributed by atoms with Crippen LogP contribution in [0.15, 0.2) is 60.7 Å². The molecule has 0 aromatic heterocycles. The number of phenols is 1.